The van der Waals surface area contributed by atoms with Gasteiger partial charge in [0, 0.05) is 11.1 Å². The molecule has 0 N–H and O–H groups in total. The largest absolute Gasteiger partial charge is 0.489 e. The van der Waals surface area contributed by atoms with Crippen molar-refractivity contribution in [1.82, 2.24) is 0 Å². The summed E-state index contributed by atoms with van der Waals surface area (Å²) in [5.74, 6) is 1.78. The van der Waals surface area contributed by atoms with Crippen molar-refractivity contribution >= 4 is 0 Å². The first-order valence-electron chi connectivity index (χ1n) is 6.04. The molecular formula is C16H14O2. The van der Waals surface area contributed by atoms with Gasteiger partial charge in [0.15, 0.2) is 0 Å². The predicted molar refractivity (Wildman–Crippen MR) is 72.0 cm³/mol. The van der Waals surface area contributed by atoms with Crippen LogP contribution >= 0.6 is 0 Å². The fourth-order valence-corrected chi connectivity index (χ4v) is 2.04. The highest BCUT2D eigenvalue weighted by Gasteiger charge is 2.11. The molecule has 2 aromatic rings. The van der Waals surface area contributed by atoms with Crippen LogP contribution < -0.4 is 9.47 Å². The minimum Gasteiger partial charge on any atom is -0.489 e. The number of rotatable bonds is 0. The lowest BCUT2D eigenvalue weighted by atomic mass is 10.0. The van der Waals surface area contributed by atoms with Crippen LogP contribution in [0.25, 0.3) is 11.1 Å². The number of hydrogen-bond acceptors (Lipinski definition) is 2. The molecule has 0 saturated heterocycles. The smallest absolute Gasteiger partial charge is 0.127 e. The molecule has 1 aliphatic rings. The molecule has 3 rings (SSSR count). The van der Waals surface area contributed by atoms with Crippen LogP contribution in [-0.4, -0.2) is 13.2 Å². The normalized spacial score (nSPS) is 15.6. The Kier molecular flexibility index (Phi) is 3.01. The highest BCUT2D eigenvalue weighted by Crippen LogP contribution is 2.36. The van der Waals surface area contributed by atoms with Crippen LogP contribution in [-0.2, 0) is 0 Å². The SMILES string of the molecule is C1=C\COc2ccccc2-c2ccccc2OC/1. The highest BCUT2D eigenvalue weighted by molar-refractivity contribution is 5.75. The van der Waals surface area contributed by atoms with E-state index in [1.54, 1.807) is 0 Å². The lowest BCUT2D eigenvalue weighted by molar-refractivity contribution is 0.346. The Balaban J connectivity index is 2.16. The summed E-state index contributed by atoms with van der Waals surface area (Å²) in [7, 11) is 0. The van der Waals surface area contributed by atoms with E-state index in [1.807, 2.05) is 48.6 Å². The first kappa shape index (κ1) is 10.9. The molecule has 18 heavy (non-hydrogen) atoms. The van der Waals surface area contributed by atoms with E-state index < -0.39 is 0 Å². The molecule has 2 nitrogen and oxygen atoms in total. The summed E-state index contributed by atoms with van der Waals surface area (Å²) in [6, 6.07) is 16.1. The molecule has 0 unspecified atom stereocenters. The maximum absolute atomic E-state index is 5.78. The molecule has 2 aromatic carbocycles. The minimum absolute atomic E-state index is 0.572. The molecule has 1 aliphatic heterocycles. The van der Waals surface area contributed by atoms with Crippen molar-refractivity contribution in [2.75, 3.05) is 13.2 Å². The van der Waals surface area contributed by atoms with Crippen LogP contribution in [0.2, 0.25) is 0 Å². The highest BCUT2D eigenvalue weighted by atomic mass is 16.5. The zero-order valence-corrected chi connectivity index (χ0v) is 10.0. The van der Waals surface area contributed by atoms with Gasteiger partial charge in [0.2, 0.25) is 0 Å². The third-order valence-electron chi connectivity index (χ3n) is 2.90. The van der Waals surface area contributed by atoms with Crippen LogP contribution in [0.1, 0.15) is 0 Å². The summed E-state index contributed by atoms with van der Waals surface area (Å²) in [6.45, 7) is 1.14. The van der Waals surface area contributed by atoms with E-state index in [-0.39, 0.29) is 0 Å². The topological polar surface area (TPSA) is 18.5 Å². The molecule has 0 radical (unpaired) electrons. The fraction of sp³-hybridized carbons (Fsp3) is 0.125. The van der Waals surface area contributed by atoms with Crippen LogP contribution in [0.3, 0.4) is 0 Å². The van der Waals surface area contributed by atoms with Crippen molar-refractivity contribution < 1.29 is 9.47 Å². The second-order valence-corrected chi connectivity index (χ2v) is 4.09. The molecule has 0 spiro atoms. The van der Waals surface area contributed by atoms with E-state index in [1.165, 1.54) is 0 Å². The Morgan fingerprint density at radius 1 is 0.611 bits per heavy atom. The van der Waals surface area contributed by atoms with Crippen molar-refractivity contribution in [2.24, 2.45) is 0 Å². The summed E-state index contributed by atoms with van der Waals surface area (Å²) in [5.41, 5.74) is 2.15. The molecular weight excluding hydrogens is 224 g/mol. The zero-order chi connectivity index (χ0) is 12.2. The first-order chi connectivity index (χ1) is 8.95. The van der Waals surface area contributed by atoms with Gasteiger partial charge in [-0.2, -0.15) is 0 Å². The molecule has 0 saturated carbocycles. The van der Waals surface area contributed by atoms with Crippen molar-refractivity contribution in [3.8, 4) is 22.6 Å². The molecule has 0 aliphatic carbocycles. The van der Waals surface area contributed by atoms with Gasteiger partial charge < -0.3 is 9.47 Å². The van der Waals surface area contributed by atoms with Crippen molar-refractivity contribution in [3.63, 3.8) is 0 Å². The Labute approximate surface area is 106 Å². The summed E-state index contributed by atoms with van der Waals surface area (Å²) >= 11 is 0. The van der Waals surface area contributed by atoms with E-state index in [9.17, 15) is 0 Å². The summed E-state index contributed by atoms with van der Waals surface area (Å²) in [5, 5.41) is 0. The average molecular weight is 238 g/mol. The Morgan fingerprint density at radius 2 is 1.06 bits per heavy atom. The summed E-state index contributed by atoms with van der Waals surface area (Å²) < 4.78 is 11.6. The fourth-order valence-electron chi connectivity index (χ4n) is 2.04. The van der Waals surface area contributed by atoms with Gasteiger partial charge in [0.05, 0.1) is 0 Å². The third kappa shape index (κ3) is 2.09. The number of para-hydroxylation sites is 2. The van der Waals surface area contributed by atoms with Gasteiger partial charge in [-0.25, -0.2) is 0 Å². The molecule has 0 aromatic heterocycles. The lowest BCUT2D eigenvalue weighted by Gasteiger charge is -2.15. The molecule has 0 amide bonds. The lowest BCUT2D eigenvalue weighted by Crippen LogP contribution is -2.01. The number of hydrogen-bond donors (Lipinski definition) is 0. The minimum atomic E-state index is 0.572. The van der Waals surface area contributed by atoms with Crippen molar-refractivity contribution in [2.45, 2.75) is 0 Å². The number of ether oxygens (including phenoxy) is 2. The Hall–Kier alpha value is -2.22. The van der Waals surface area contributed by atoms with E-state index in [2.05, 4.69) is 12.1 Å². The number of fused-ring (bicyclic) bond motifs is 3. The monoisotopic (exact) mass is 238 g/mol. The van der Waals surface area contributed by atoms with Gasteiger partial charge in [-0.15, -0.1) is 0 Å². The average Bonchev–Trinajstić information content (AvgIpc) is 2.44. The Morgan fingerprint density at radius 3 is 1.56 bits per heavy atom. The molecule has 0 atom stereocenters. The van der Waals surface area contributed by atoms with Crippen LogP contribution in [0.5, 0.6) is 11.5 Å². The van der Waals surface area contributed by atoms with Gasteiger partial charge in [-0.1, -0.05) is 36.4 Å². The molecule has 0 fully saturated rings. The third-order valence-corrected chi connectivity index (χ3v) is 2.90. The molecule has 90 valence electrons. The summed E-state index contributed by atoms with van der Waals surface area (Å²) in [6.07, 6.45) is 3.95. The maximum atomic E-state index is 5.78. The zero-order valence-electron chi connectivity index (χ0n) is 10.0. The van der Waals surface area contributed by atoms with Gasteiger partial charge in [0.1, 0.15) is 24.7 Å². The number of benzene rings is 2. The summed E-state index contributed by atoms with van der Waals surface area (Å²) in [4.78, 5) is 0. The second kappa shape index (κ2) is 4.96. The molecule has 0 bridgehead atoms. The molecule has 1 heterocycles. The second-order valence-electron chi connectivity index (χ2n) is 4.09. The van der Waals surface area contributed by atoms with Gasteiger partial charge in [-0.3, -0.25) is 0 Å². The predicted octanol–water partition coefficient (Wildman–Crippen LogP) is 3.68. The maximum Gasteiger partial charge on any atom is 0.127 e. The first-order valence-corrected chi connectivity index (χ1v) is 6.04. The van der Waals surface area contributed by atoms with Crippen molar-refractivity contribution in [1.29, 1.82) is 0 Å². The van der Waals surface area contributed by atoms with Crippen LogP contribution in [0.4, 0.5) is 0 Å². The van der Waals surface area contributed by atoms with E-state index in [0.29, 0.717) is 13.2 Å². The van der Waals surface area contributed by atoms with E-state index >= 15 is 0 Å². The molecule has 2 heteroatoms. The quantitative estimate of drug-likeness (QED) is 0.652. The Bertz CT molecular complexity index is 521. The van der Waals surface area contributed by atoms with Crippen LogP contribution in [0.15, 0.2) is 60.7 Å². The van der Waals surface area contributed by atoms with Gasteiger partial charge in [0.25, 0.3) is 0 Å². The van der Waals surface area contributed by atoms with E-state index in [4.69, 9.17) is 9.47 Å². The van der Waals surface area contributed by atoms with Crippen molar-refractivity contribution in [3.05, 3.63) is 60.7 Å². The van der Waals surface area contributed by atoms with Crippen LogP contribution in [0, 0.1) is 0 Å². The van der Waals surface area contributed by atoms with E-state index in [0.717, 1.165) is 22.6 Å². The van der Waals surface area contributed by atoms with Gasteiger partial charge >= 0.3 is 0 Å². The standard InChI is InChI=1S/C16H14O2/c1-3-9-15-13(7-1)14-8-2-4-10-16(14)18-12-6-5-11-17-15/h1-10H,11-12H2/b6-5-. The van der Waals surface area contributed by atoms with Gasteiger partial charge in [-0.05, 0) is 24.3 Å².